The molecular weight excluding hydrogens is 322 g/mol. The van der Waals surface area contributed by atoms with Crippen molar-refractivity contribution in [1.29, 1.82) is 0 Å². The van der Waals surface area contributed by atoms with Crippen molar-refractivity contribution in [1.82, 2.24) is 4.90 Å². The van der Waals surface area contributed by atoms with Crippen LogP contribution in [0, 0.1) is 5.92 Å². The number of carbonyl (C=O) groups excluding carboxylic acids is 1. The highest BCUT2D eigenvalue weighted by molar-refractivity contribution is 7.12. The monoisotopic (exact) mass is 343 g/mol. The average Bonchev–Trinajstić information content (AvgIpc) is 2.99. The predicted molar refractivity (Wildman–Crippen MR) is 94.3 cm³/mol. The third-order valence-electron chi connectivity index (χ3n) is 5.08. The largest absolute Gasteiger partial charge is 0.495 e. The number of piperidine rings is 1. The quantitative estimate of drug-likeness (QED) is 0.832. The second-order valence-electron chi connectivity index (χ2n) is 6.55. The van der Waals surface area contributed by atoms with Crippen LogP contribution in [0.3, 0.4) is 0 Å². The Morgan fingerprint density at radius 3 is 2.75 bits per heavy atom. The van der Waals surface area contributed by atoms with Gasteiger partial charge in [-0.2, -0.15) is 0 Å². The second-order valence-corrected chi connectivity index (χ2v) is 7.43. The molecule has 0 N–H and O–H groups in total. The van der Waals surface area contributed by atoms with E-state index in [2.05, 4.69) is 11.9 Å². The lowest BCUT2D eigenvalue weighted by atomic mass is 9.87. The van der Waals surface area contributed by atoms with Crippen molar-refractivity contribution in [2.24, 2.45) is 5.92 Å². The number of ether oxygens (including phenoxy) is 2. The Kier molecular flexibility index (Phi) is 4.06. The number of fused-ring (bicyclic) bond motifs is 2. The van der Waals surface area contributed by atoms with Crippen molar-refractivity contribution in [2.75, 3.05) is 27.2 Å². The van der Waals surface area contributed by atoms with Gasteiger partial charge in [0.2, 0.25) is 5.78 Å². The Hall–Kier alpha value is -1.85. The highest BCUT2D eigenvalue weighted by Gasteiger charge is 2.38. The summed E-state index contributed by atoms with van der Waals surface area (Å²) in [7, 11) is 3.82. The van der Waals surface area contributed by atoms with E-state index in [-0.39, 0.29) is 11.9 Å². The molecule has 0 aliphatic carbocycles. The van der Waals surface area contributed by atoms with Gasteiger partial charge >= 0.3 is 0 Å². The zero-order valence-electron chi connectivity index (χ0n) is 14.0. The number of thiophene rings is 1. The van der Waals surface area contributed by atoms with E-state index in [1.165, 1.54) is 11.3 Å². The van der Waals surface area contributed by atoms with Crippen LogP contribution in [0.15, 0.2) is 29.6 Å². The van der Waals surface area contributed by atoms with Crippen LogP contribution in [0.4, 0.5) is 0 Å². The standard InChI is InChI=1S/C19H21NO3S/c1-20-9-7-12(8-10-20)18-16-15(22-2)11-24-19(16)17(21)13-5-3-4-6-14(13)23-18/h3-6,11-12,18H,7-10H2,1-2H3. The van der Waals surface area contributed by atoms with Gasteiger partial charge in [-0.3, -0.25) is 4.79 Å². The first kappa shape index (κ1) is 15.7. The summed E-state index contributed by atoms with van der Waals surface area (Å²) < 4.78 is 12.0. The lowest BCUT2D eigenvalue weighted by molar-refractivity contribution is 0.0839. The van der Waals surface area contributed by atoms with Gasteiger partial charge in [-0.15, -0.1) is 11.3 Å². The maximum atomic E-state index is 13.0. The molecule has 1 fully saturated rings. The molecule has 4 nitrogen and oxygen atoms in total. The second kappa shape index (κ2) is 6.22. The average molecular weight is 343 g/mol. The normalized spacial score (nSPS) is 21.6. The Labute approximate surface area is 146 Å². The number of methoxy groups -OCH3 is 1. The van der Waals surface area contributed by atoms with Gasteiger partial charge in [0.1, 0.15) is 17.6 Å². The fourth-order valence-corrected chi connectivity index (χ4v) is 4.70. The summed E-state index contributed by atoms with van der Waals surface area (Å²) in [5.74, 6) is 1.91. The van der Waals surface area contributed by atoms with Gasteiger partial charge in [-0.25, -0.2) is 0 Å². The number of rotatable bonds is 2. The van der Waals surface area contributed by atoms with Crippen LogP contribution in [-0.4, -0.2) is 37.9 Å². The SMILES string of the molecule is COc1csc2c1C(C1CCN(C)CC1)Oc1ccccc1C2=O. The van der Waals surface area contributed by atoms with Crippen LogP contribution in [0.25, 0.3) is 0 Å². The zero-order chi connectivity index (χ0) is 16.7. The Morgan fingerprint density at radius 2 is 2.00 bits per heavy atom. The Bertz CT molecular complexity index is 762. The van der Waals surface area contributed by atoms with Crippen LogP contribution in [-0.2, 0) is 0 Å². The predicted octanol–water partition coefficient (Wildman–Crippen LogP) is 3.76. The molecule has 1 aromatic carbocycles. The molecule has 1 atom stereocenters. The first-order valence-electron chi connectivity index (χ1n) is 8.33. The molecule has 1 aromatic heterocycles. The summed E-state index contributed by atoms with van der Waals surface area (Å²) in [5.41, 5.74) is 1.59. The maximum Gasteiger partial charge on any atom is 0.207 e. The minimum absolute atomic E-state index is 0.0457. The van der Waals surface area contributed by atoms with E-state index >= 15 is 0 Å². The lowest BCUT2D eigenvalue weighted by Crippen LogP contribution is -2.34. The molecule has 0 spiro atoms. The first-order chi connectivity index (χ1) is 11.7. The van der Waals surface area contributed by atoms with Crippen molar-refractivity contribution in [2.45, 2.75) is 18.9 Å². The van der Waals surface area contributed by atoms with Crippen LogP contribution < -0.4 is 9.47 Å². The molecule has 4 rings (SSSR count). The third kappa shape index (κ3) is 2.52. The van der Waals surface area contributed by atoms with Gasteiger partial charge in [0, 0.05) is 11.3 Å². The minimum Gasteiger partial charge on any atom is -0.495 e. The van der Waals surface area contributed by atoms with Crippen molar-refractivity contribution in [3.8, 4) is 11.5 Å². The third-order valence-corrected chi connectivity index (χ3v) is 6.05. The molecule has 126 valence electrons. The zero-order valence-corrected chi connectivity index (χ0v) is 14.8. The highest BCUT2D eigenvalue weighted by Crippen LogP contribution is 2.46. The van der Waals surface area contributed by atoms with Crippen molar-refractivity contribution < 1.29 is 14.3 Å². The van der Waals surface area contributed by atoms with E-state index in [0.717, 1.165) is 42.1 Å². The summed E-state index contributed by atoms with van der Waals surface area (Å²) in [6.45, 7) is 2.11. The number of ketones is 1. The van der Waals surface area contributed by atoms with Gasteiger partial charge in [0.15, 0.2) is 0 Å². The summed E-state index contributed by atoms with van der Waals surface area (Å²) >= 11 is 1.46. The van der Waals surface area contributed by atoms with E-state index in [0.29, 0.717) is 17.2 Å². The fraction of sp³-hybridized carbons (Fsp3) is 0.421. The molecule has 2 aliphatic rings. The van der Waals surface area contributed by atoms with E-state index in [1.807, 2.05) is 29.6 Å². The number of hydrogen-bond acceptors (Lipinski definition) is 5. The Balaban J connectivity index is 1.82. The van der Waals surface area contributed by atoms with Gasteiger partial charge < -0.3 is 14.4 Å². The molecule has 1 unspecified atom stereocenters. The van der Waals surface area contributed by atoms with Crippen LogP contribution >= 0.6 is 11.3 Å². The molecule has 0 saturated carbocycles. The highest BCUT2D eigenvalue weighted by atomic mass is 32.1. The lowest BCUT2D eigenvalue weighted by Gasteiger charge is -2.34. The molecule has 2 aliphatic heterocycles. The van der Waals surface area contributed by atoms with Crippen LogP contribution in [0.2, 0.25) is 0 Å². The number of carbonyl (C=O) groups is 1. The van der Waals surface area contributed by atoms with Gasteiger partial charge in [0.05, 0.1) is 23.1 Å². The molecular formula is C19H21NO3S. The van der Waals surface area contributed by atoms with Crippen molar-refractivity contribution in [3.05, 3.63) is 45.6 Å². The number of para-hydroxylation sites is 1. The maximum absolute atomic E-state index is 13.0. The Morgan fingerprint density at radius 1 is 1.25 bits per heavy atom. The van der Waals surface area contributed by atoms with E-state index < -0.39 is 0 Å². The topological polar surface area (TPSA) is 38.8 Å². The summed E-state index contributed by atoms with van der Waals surface area (Å²) in [6, 6.07) is 7.57. The van der Waals surface area contributed by atoms with E-state index in [9.17, 15) is 4.79 Å². The molecule has 24 heavy (non-hydrogen) atoms. The smallest absolute Gasteiger partial charge is 0.207 e. The molecule has 2 aromatic rings. The summed E-state index contributed by atoms with van der Waals surface area (Å²) in [6.07, 6.45) is 2.01. The number of hydrogen-bond donors (Lipinski definition) is 0. The van der Waals surface area contributed by atoms with Gasteiger partial charge in [0.25, 0.3) is 0 Å². The van der Waals surface area contributed by atoms with Crippen molar-refractivity contribution in [3.63, 3.8) is 0 Å². The van der Waals surface area contributed by atoms with Gasteiger partial charge in [-0.1, -0.05) is 12.1 Å². The van der Waals surface area contributed by atoms with Crippen LogP contribution in [0.1, 0.15) is 39.7 Å². The molecule has 5 heteroatoms. The molecule has 3 heterocycles. The summed E-state index contributed by atoms with van der Waals surface area (Å²) in [5, 5.41) is 1.93. The summed E-state index contributed by atoms with van der Waals surface area (Å²) in [4.78, 5) is 16.1. The van der Waals surface area contributed by atoms with Crippen LogP contribution in [0.5, 0.6) is 11.5 Å². The van der Waals surface area contributed by atoms with Gasteiger partial charge in [-0.05, 0) is 45.1 Å². The fourth-order valence-electron chi connectivity index (χ4n) is 3.69. The minimum atomic E-state index is -0.123. The molecule has 1 saturated heterocycles. The van der Waals surface area contributed by atoms with E-state index in [1.54, 1.807) is 7.11 Å². The first-order valence-corrected chi connectivity index (χ1v) is 9.21. The van der Waals surface area contributed by atoms with Crippen molar-refractivity contribution >= 4 is 17.1 Å². The molecule has 0 bridgehead atoms. The number of nitrogens with zero attached hydrogens (tertiary/aromatic N) is 1. The number of likely N-dealkylation sites (tertiary alicyclic amines) is 1. The molecule has 0 amide bonds. The number of benzene rings is 1. The van der Waals surface area contributed by atoms with E-state index in [4.69, 9.17) is 9.47 Å². The molecule has 0 radical (unpaired) electrons.